The second-order valence-electron chi connectivity index (χ2n) is 11.9. The smallest absolute Gasteiger partial charge is 0.365 e. The average Bonchev–Trinajstić information content (AvgIpc) is 3.22. The molecule has 0 bridgehead atoms. The van der Waals surface area contributed by atoms with E-state index >= 15 is 0 Å². The van der Waals surface area contributed by atoms with E-state index in [9.17, 15) is 4.79 Å². The first-order valence-electron chi connectivity index (χ1n) is 14.2. The maximum absolute atomic E-state index is 11.8. The van der Waals surface area contributed by atoms with Crippen LogP contribution < -0.4 is 16.1 Å². The molecule has 1 aliphatic heterocycles. The van der Waals surface area contributed by atoms with Crippen molar-refractivity contribution < 1.29 is 9.63 Å². The number of nitrogens with zero attached hydrogens (tertiary/aromatic N) is 5. The third-order valence-corrected chi connectivity index (χ3v) is 10.2. The van der Waals surface area contributed by atoms with Gasteiger partial charge in [0.1, 0.15) is 16.3 Å². The summed E-state index contributed by atoms with van der Waals surface area (Å²) in [5, 5.41) is 9.70. The minimum absolute atomic E-state index is 0.156. The molecule has 1 unspecified atom stereocenters. The summed E-state index contributed by atoms with van der Waals surface area (Å²) >= 11 is 1.72. The minimum atomic E-state index is -0.617. The van der Waals surface area contributed by atoms with Crippen LogP contribution in [0.15, 0.2) is 11.6 Å². The number of aromatic nitrogens is 5. The van der Waals surface area contributed by atoms with Gasteiger partial charge < -0.3 is 14.7 Å². The Bertz CT molecular complexity index is 1320. The number of hydrogen-bond acceptors (Lipinski definition) is 9. The SMILES string of the molecule is CC1CCC(Cn2c(C3(c4nccs4)CC3)nc3nc(C4NOC(=O)N4)nc(N[C@H](C)C4CCC4)c32)CC1. The average molecular weight is 537 g/mol. The molecule has 4 aliphatic rings. The van der Waals surface area contributed by atoms with E-state index in [-0.39, 0.29) is 11.5 Å². The summed E-state index contributed by atoms with van der Waals surface area (Å²) in [7, 11) is 0. The highest BCUT2D eigenvalue weighted by Crippen LogP contribution is 2.54. The molecule has 3 aliphatic carbocycles. The van der Waals surface area contributed by atoms with Gasteiger partial charge in [0.05, 0.1) is 5.41 Å². The summed E-state index contributed by atoms with van der Waals surface area (Å²) in [6.07, 6.45) is 11.6. The Morgan fingerprint density at radius 1 is 1.18 bits per heavy atom. The van der Waals surface area contributed by atoms with Crippen LogP contribution in [0, 0.1) is 17.8 Å². The Morgan fingerprint density at radius 3 is 2.63 bits per heavy atom. The largest absolute Gasteiger partial charge is 0.427 e. The molecule has 1 amide bonds. The van der Waals surface area contributed by atoms with Crippen molar-refractivity contribution in [2.24, 2.45) is 17.8 Å². The van der Waals surface area contributed by atoms with Gasteiger partial charge in [0.2, 0.25) is 0 Å². The first kappa shape index (κ1) is 24.3. The summed E-state index contributed by atoms with van der Waals surface area (Å²) in [5.41, 5.74) is 4.20. The number of carbonyl (C=O) groups excluding carboxylic acids is 1. The third kappa shape index (κ3) is 4.23. The molecule has 11 heteroatoms. The van der Waals surface area contributed by atoms with E-state index in [1.165, 1.54) is 44.9 Å². The fourth-order valence-electron chi connectivity index (χ4n) is 6.39. The van der Waals surface area contributed by atoms with E-state index in [1.54, 1.807) is 11.3 Å². The van der Waals surface area contributed by atoms with Crippen molar-refractivity contribution in [2.75, 3.05) is 5.32 Å². The van der Waals surface area contributed by atoms with E-state index in [2.05, 4.69) is 39.9 Å². The summed E-state index contributed by atoms with van der Waals surface area (Å²) in [4.78, 5) is 36.6. The minimum Gasteiger partial charge on any atom is -0.365 e. The number of amides is 1. The Balaban J connectivity index is 1.36. The Labute approximate surface area is 226 Å². The molecule has 0 aromatic carbocycles. The van der Waals surface area contributed by atoms with Gasteiger partial charge in [0.15, 0.2) is 23.5 Å². The zero-order chi connectivity index (χ0) is 25.9. The maximum atomic E-state index is 11.8. The summed E-state index contributed by atoms with van der Waals surface area (Å²) in [6.45, 7) is 5.54. The first-order chi connectivity index (χ1) is 18.5. The molecule has 2 atom stereocenters. The van der Waals surface area contributed by atoms with Crippen LogP contribution >= 0.6 is 11.3 Å². The van der Waals surface area contributed by atoms with E-state index in [4.69, 9.17) is 24.8 Å². The molecule has 3 aromatic heterocycles. The molecular formula is C27H36N8O2S. The number of anilines is 1. The molecule has 7 rings (SSSR count). The third-order valence-electron chi connectivity index (χ3n) is 9.23. The lowest BCUT2D eigenvalue weighted by Gasteiger charge is -2.32. The molecule has 38 heavy (non-hydrogen) atoms. The molecular weight excluding hydrogens is 500 g/mol. The molecule has 3 saturated carbocycles. The highest BCUT2D eigenvalue weighted by molar-refractivity contribution is 7.09. The Kier molecular flexibility index (Phi) is 6.03. The Morgan fingerprint density at radius 2 is 2.00 bits per heavy atom. The molecule has 3 aromatic rings. The van der Waals surface area contributed by atoms with E-state index < -0.39 is 12.3 Å². The molecule has 4 heterocycles. The number of fused-ring (bicyclic) bond motifs is 1. The van der Waals surface area contributed by atoms with Crippen molar-refractivity contribution in [3.63, 3.8) is 0 Å². The summed E-state index contributed by atoms with van der Waals surface area (Å²) in [5.74, 6) is 4.36. The number of rotatable bonds is 8. The topological polar surface area (TPSA) is 119 Å². The van der Waals surface area contributed by atoms with Gasteiger partial charge in [-0.1, -0.05) is 26.2 Å². The van der Waals surface area contributed by atoms with Crippen LogP contribution in [-0.2, 0) is 16.8 Å². The number of thiazole rings is 1. The lowest BCUT2D eigenvalue weighted by molar-refractivity contribution is 0.120. The van der Waals surface area contributed by atoms with Crippen molar-refractivity contribution in [1.29, 1.82) is 0 Å². The van der Waals surface area contributed by atoms with Crippen LogP contribution in [0.3, 0.4) is 0 Å². The van der Waals surface area contributed by atoms with Crippen LogP contribution in [0.1, 0.15) is 94.5 Å². The second kappa shape index (κ2) is 9.44. The molecule has 0 radical (unpaired) electrons. The van der Waals surface area contributed by atoms with Gasteiger partial charge in [0.25, 0.3) is 0 Å². The number of carbonyl (C=O) groups is 1. The zero-order valence-electron chi connectivity index (χ0n) is 22.1. The highest BCUT2D eigenvalue weighted by Gasteiger charge is 2.52. The number of imidazole rings is 1. The molecule has 10 nitrogen and oxygen atoms in total. The van der Waals surface area contributed by atoms with Gasteiger partial charge in [-0.15, -0.1) is 16.8 Å². The van der Waals surface area contributed by atoms with Gasteiger partial charge in [-0.2, -0.15) is 0 Å². The van der Waals surface area contributed by atoms with E-state index in [1.807, 2.05) is 6.20 Å². The predicted molar refractivity (Wildman–Crippen MR) is 144 cm³/mol. The van der Waals surface area contributed by atoms with Crippen molar-refractivity contribution in [1.82, 2.24) is 35.3 Å². The molecule has 3 N–H and O–H groups in total. The van der Waals surface area contributed by atoms with Crippen LogP contribution in [0.25, 0.3) is 11.2 Å². The Hall–Kier alpha value is -2.79. The lowest BCUT2D eigenvalue weighted by atomic mass is 9.80. The van der Waals surface area contributed by atoms with Gasteiger partial charge in [0, 0.05) is 24.2 Å². The molecule has 0 spiro atoms. The lowest BCUT2D eigenvalue weighted by Crippen LogP contribution is -2.32. The summed E-state index contributed by atoms with van der Waals surface area (Å²) < 4.78 is 2.43. The number of nitrogens with one attached hydrogen (secondary N) is 3. The maximum Gasteiger partial charge on any atom is 0.427 e. The molecule has 202 valence electrons. The molecule has 4 fully saturated rings. The molecule has 1 saturated heterocycles. The van der Waals surface area contributed by atoms with Crippen molar-refractivity contribution in [2.45, 2.75) is 95.8 Å². The van der Waals surface area contributed by atoms with Gasteiger partial charge >= 0.3 is 6.09 Å². The highest BCUT2D eigenvalue weighted by atomic mass is 32.1. The van der Waals surface area contributed by atoms with E-state index in [0.717, 1.165) is 47.5 Å². The standard InChI is InChI=1S/C27H36N8O2S/c1-15-6-8-17(9-7-15)14-35-19-20(29-16(2)18-4-3-5-18)30-22(23-33-26(36)37-34-23)31-21(19)32-24(35)27(10-11-27)25-28-12-13-38-25/h12-13,15-18,23,34H,3-11,14H2,1-2H3,(H,33,36)(H,29,30,31)/t15?,16-,17?,23?/m1/s1. The quantitative estimate of drug-likeness (QED) is 0.367. The van der Waals surface area contributed by atoms with Crippen LogP contribution in [0.2, 0.25) is 0 Å². The van der Waals surface area contributed by atoms with Gasteiger partial charge in [-0.25, -0.2) is 24.7 Å². The van der Waals surface area contributed by atoms with Crippen molar-refractivity contribution in [3.05, 3.63) is 28.2 Å². The van der Waals surface area contributed by atoms with E-state index in [0.29, 0.717) is 23.3 Å². The summed E-state index contributed by atoms with van der Waals surface area (Å²) in [6, 6.07) is 0.285. The van der Waals surface area contributed by atoms with Crippen molar-refractivity contribution >= 4 is 34.4 Å². The number of hydrogen-bond donors (Lipinski definition) is 3. The fourth-order valence-corrected chi connectivity index (χ4v) is 7.29. The van der Waals surface area contributed by atoms with Gasteiger partial charge in [-0.05, 0) is 63.2 Å². The normalized spacial score (nSPS) is 27.5. The van der Waals surface area contributed by atoms with Crippen LogP contribution in [0.5, 0.6) is 0 Å². The monoisotopic (exact) mass is 536 g/mol. The second-order valence-corrected chi connectivity index (χ2v) is 12.8. The first-order valence-corrected chi connectivity index (χ1v) is 15.1. The van der Waals surface area contributed by atoms with Gasteiger partial charge in [-0.3, -0.25) is 5.32 Å². The van der Waals surface area contributed by atoms with Crippen molar-refractivity contribution in [3.8, 4) is 0 Å². The zero-order valence-corrected chi connectivity index (χ0v) is 22.9. The van der Waals surface area contributed by atoms with Crippen LogP contribution in [0.4, 0.5) is 10.6 Å². The number of hydroxylamine groups is 1. The van der Waals surface area contributed by atoms with Crippen LogP contribution in [-0.4, -0.2) is 36.6 Å². The fraction of sp³-hybridized carbons (Fsp3) is 0.667. The predicted octanol–water partition coefficient (Wildman–Crippen LogP) is 5.03.